The summed E-state index contributed by atoms with van der Waals surface area (Å²) in [6.07, 6.45) is 0. The molecule has 110 valence electrons. The first kappa shape index (κ1) is 13.8. The normalized spacial score (nSPS) is 21.4. The molecule has 0 unspecified atom stereocenters. The summed E-state index contributed by atoms with van der Waals surface area (Å²) in [4.78, 5) is 12.4. The Morgan fingerprint density at radius 1 is 1.33 bits per heavy atom. The highest BCUT2D eigenvalue weighted by atomic mass is 16.4. The van der Waals surface area contributed by atoms with Crippen LogP contribution in [0.2, 0.25) is 0 Å². The zero-order valence-corrected chi connectivity index (χ0v) is 12.1. The van der Waals surface area contributed by atoms with Gasteiger partial charge in [0.1, 0.15) is 0 Å². The predicted octanol–water partition coefficient (Wildman–Crippen LogP) is 1.84. The van der Waals surface area contributed by atoms with E-state index in [1.54, 1.807) is 6.92 Å². The Bertz CT molecular complexity index is 653. The van der Waals surface area contributed by atoms with Crippen LogP contribution in [0.4, 0.5) is 5.69 Å². The third kappa shape index (κ3) is 2.80. The van der Waals surface area contributed by atoms with Crippen LogP contribution in [0.3, 0.4) is 0 Å². The minimum absolute atomic E-state index is 0.0116. The smallest absolute Gasteiger partial charge is 0.249 e. The van der Waals surface area contributed by atoms with Gasteiger partial charge in [-0.25, -0.2) is 0 Å². The van der Waals surface area contributed by atoms with Crippen molar-refractivity contribution in [2.24, 2.45) is 11.8 Å². The van der Waals surface area contributed by atoms with Crippen LogP contribution >= 0.6 is 0 Å². The topological polar surface area (TPSA) is 80.0 Å². The number of rotatable bonds is 3. The lowest BCUT2D eigenvalue weighted by molar-refractivity contribution is -0.120. The summed E-state index contributed by atoms with van der Waals surface area (Å²) in [5.74, 6) is 1.27. The minimum atomic E-state index is -0.0116. The van der Waals surface area contributed by atoms with Gasteiger partial charge >= 0.3 is 0 Å². The van der Waals surface area contributed by atoms with Crippen molar-refractivity contribution in [2.75, 3.05) is 18.4 Å². The molecule has 1 fully saturated rings. The summed E-state index contributed by atoms with van der Waals surface area (Å²) in [5.41, 5.74) is 1.44. The quantitative estimate of drug-likeness (QED) is 0.900. The van der Waals surface area contributed by atoms with Crippen molar-refractivity contribution in [1.82, 2.24) is 15.5 Å². The summed E-state index contributed by atoms with van der Waals surface area (Å²) in [6, 6.07) is 7.46. The molecule has 2 atom stereocenters. The van der Waals surface area contributed by atoms with E-state index in [1.165, 1.54) is 0 Å². The molecule has 0 aliphatic carbocycles. The molecule has 1 amide bonds. The second-order valence-electron chi connectivity index (χ2n) is 5.40. The van der Waals surface area contributed by atoms with Crippen molar-refractivity contribution in [3.63, 3.8) is 0 Å². The fourth-order valence-corrected chi connectivity index (χ4v) is 2.57. The number of amides is 1. The van der Waals surface area contributed by atoms with E-state index >= 15 is 0 Å². The first-order chi connectivity index (χ1) is 10.1. The van der Waals surface area contributed by atoms with Gasteiger partial charge < -0.3 is 15.1 Å². The number of hydrogen-bond acceptors (Lipinski definition) is 5. The number of carbonyl (C=O) groups is 1. The highest BCUT2D eigenvalue weighted by Crippen LogP contribution is 2.28. The van der Waals surface area contributed by atoms with Crippen LogP contribution < -0.4 is 10.6 Å². The summed E-state index contributed by atoms with van der Waals surface area (Å²) in [6.45, 7) is 5.42. The molecule has 2 heterocycles. The molecule has 2 N–H and O–H groups in total. The highest BCUT2D eigenvalue weighted by Gasteiger charge is 2.30. The lowest BCUT2D eigenvalue weighted by Gasteiger charge is -2.15. The van der Waals surface area contributed by atoms with E-state index in [4.69, 9.17) is 4.42 Å². The maximum atomic E-state index is 12.4. The van der Waals surface area contributed by atoms with Crippen LogP contribution in [0.5, 0.6) is 0 Å². The third-order valence-corrected chi connectivity index (χ3v) is 3.80. The molecule has 0 bridgehead atoms. The van der Waals surface area contributed by atoms with Crippen LogP contribution in [0.25, 0.3) is 11.5 Å². The maximum Gasteiger partial charge on any atom is 0.249 e. The third-order valence-electron chi connectivity index (χ3n) is 3.80. The van der Waals surface area contributed by atoms with Crippen molar-refractivity contribution in [1.29, 1.82) is 0 Å². The van der Waals surface area contributed by atoms with E-state index in [0.717, 1.165) is 18.7 Å². The molecular weight excluding hydrogens is 268 g/mol. The van der Waals surface area contributed by atoms with Gasteiger partial charge in [-0.15, -0.1) is 10.2 Å². The number of aromatic nitrogens is 2. The van der Waals surface area contributed by atoms with Gasteiger partial charge in [0.2, 0.25) is 17.7 Å². The van der Waals surface area contributed by atoms with Crippen LogP contribution in [0.15, 0.2) is 28.7 Å². The zero-order chi connectivity index (χ0) is 14.8. The predicted molar refractivity (Wildman–Crippen MR) is 78.6 cm³/mol. The average Bonchev–Trinajstić information content (AvgIpc) is 3.08. The molecule has 2 aromatic rings. The molecule has 1 aliphatic heterocycles. The van der Waals surface area contributed by atoms with Crippen molar-refractivity contribution >= 4 is 11.6 Å². The standard InChI is InChI=1S/C15H18N4O2/c1-9-7-16-8-12(9)14(20)17-13-6-4-3-5-11(13)15-19-18-10(2)21-15/h3-6,9,12,16H,7-8H2,1-2H3,(H,17,20)/t9-,12-/m1/s1. The maximum absolute atomic E-state index is 12.4. The Balaban J connectivity index is 1.84. The molecule has 6 heteroatoms. The average molecular weight is 286 g/mol. The molecular formula is C15H18N4O2. The van der Waals surface area contributed by atoms with Gasteiger partial charge in [-0.3, -0.25) is 4.79 Å². The Morgan fingerprint density at radius 3 is 2.81 bits per heavy atom. The number of anilines is 1. The Morgan fingerprint density at radius 2 is 2.14 bits per heavy atom. The largest absolute Gasteiger partial charge is 0.421 e. The van der Waals surface area contributed by atoms with Crippen LogP contribution in [-0.2, 0) is 4.79 Å². The first-order valence-electron chi connectivity index (χ1n) is 7.06. The molecule has 0 saturated carbocycles. The second-order valence-corrected chi connectivity index (χ2v) is 5.40. The molecule has 6 nitrogen and oxygen atoms in total. The molecule has 1 aliphatic rings. The van der Waals surface area contributed by atoms with Crippen molar-refractivity contribution in [3.8, 4) is 11.5 Å². The van der Waals surface area contributed by atoms with Gasteiger partial charge in [-0.05, 0) is 24.6 Å². The fourth-order valence-electron chi connectivity index (χ4n) is 2.57. The number of nitrogens with zero attached hydrogens (tertiary/aromatic N) is 2. The molecule has 0 spiro atoms. The van der Waals surface area contributed by atoms with E-state index in [2.05, 4.69) is 27.8 Å². The SMILES string of the molecule is Cc1nnc(-c2ccccc2NC(=O)[C@@H]2CNC[C@H]2C)o1. The van der Waals surface area contributed by atoms with Crippen molar-refractivity contribution in [3.05, 3.63) is 30.2 Å². The number of para-hydroxylation sites is 1. The summed E-state index contributed by atoms with van der Waals surface area (Å²) >= 11 is 0. The van der Waals surface area contributed by atoms with E-state index in [0.29, 0.717) is 23.4 Å². The molecule has 21 heavy (non-hydrogen) atoms. The molecule has 1 aromatic heterocycles. The van der Waals surface area contributed by atoms with E-state index in [9.17, 15) is 4.79 Å². The molecule has 1 saturated heterocycles. The number of aryl methyl sites for hydroxylation is 1. The monoisotopic (exact) mass is 286 g/mol. The van der Waals surface area contributed by atoms with Gasteiger partial charge in [0, 0.05) is 13.5 Å². The fraction of sp³-hybridized carbons (Fsp3) is 0.400. The number of nitrogens with one attached hydrogen (secondary N) is 2. The lowest BCUT2D eigenvalue weighted by Crippen LogP contribution is -2.28. The summed E-state index contributed by atoms with van der Waals surface area (Å²) in [5, 5.41) is 14.1. The van der Waals surface area contributed by atoms with E-state index in [1.807, 2.05) is 24.3 Å². The molecule has 0 radical (unpaired) electrons. The zero-order valence-electron chi connectivity index (χ0n) is 12.1. The first-order valence-corrected chi connectivity index (χ1v) is 7.06. The summed E-state index contributed by atoms with van der Waals surface area (Å²) in [7, 11) is 0. The number of hydrogen-bond donors (Lipinski definition) is 2. The number of benzene rings is 1. The van der Waals surface area contributed by atoms with Gasteiger partial charge in [0.15, 0.2) is 0 Å². The van der Waals surface area contributed by atoms with Crippen LogP contribution in [0.1, 0.15) is 12.8 Å². The lowest BCUT2D eigenvalue weighted by atomic mass is 9.97. The highest BCUT2D eigenvalue weighted by molar-refractivity contribution is 5.96. The van der Waals surface area contributed by atoms with E-state index < -0.39 is 0 Å². The van der Waals surface area contributed by atoms with E-state index in [-0.39, 0.29) is 11.8 Å². The van der Waals surface area contributed by atoms with Gasteiger partial charge in [-0.1, -0.05) is 19.1 Å². The Labute approximate surface area is 123 Å². The van der Waals surface area contributed by atoms with Gasteiger partial charge in [0.05, 0.1) is 17.2 Å². The minimum Gasteiger partial charge on any atom is -0.421 e. The Hall–Kier alpha value is -2.21. The summed E-state index contributed by atoms with van der Waals surface area (Å²) < 4.78 is 5.45. The van der Waals surface area contributed by atoms with Gasteiger partial charge in [-0.2, -0.15) is 0 Å². The number of carbonyl (C=O) groups excluding carboxylic acids is 1. The second kappa shape index (κ2) is 5.65. The van der Waals surface area contributed by atoms with Crippen molar-refractivity contribution in [2.45, 2.75) is 13.8 Å². The molecule has 1 aromatic carbocycles. The van der Waals surface area contributed by atoms with Crippen molar-refractivity contribution < 1.29 is 9.21 Å². The molecule has 3 rings (SSSR count). The Kier molecular flexibility index (Phi) is 3.70. The van der Waals surface area contributed by atoms with Crippen LogP contribution in [0, 0.1) is 18.8 Å². The van der Waals surface area contributed by atoms with Gasteiger partial charge in [0.25, 0.3) is 0 Å². The van der Waals surface area contributed by atoms with Crippen LogP contribution in [-0.4, -0.2) is 29.2 Å².